The van der Waals surface area contributed by atoms with Crippen LogP contribution in [0.5, 0.6) is 0 Å². The number of hydrogen-bond acceptors (Lipinski definition) is 3. The van der Waals surface area contributed by atoms with E-state index in [0.717, 1.165) is 5.57 Å². The van der Waals surface area contributed by atoms with Crippen molar-refractivity contribution in [3.63, 3.8) is 0 Å². The maximum Gasteiger partial charge on any atom is 0.153 e. The van der Waals surface area contributed by atoms with Gasteiger partial charge in [-0.3, -0.25) is 5.43 Å². The van der Waals surface area contributed by atoms with Crippen LogP contribution in [-0.2, 0) is 0 Å². The summed E-state index contributed by atoms with van der Waals surface area (Å²) in [7, 11) is 0. The van der Waals surface area contributed by atoms with E-state index in [2.05, 4.69) is 5.43 Å². The Balaban J connectivity index is 2.30. The van der Waals surface area contributed by atoms with Crippen LogP contribution in [0, 0.1) is 0 Å². The molecule has 0 aromatic carbocycles. The Bertz CT molecular complexity index is 227. The van der Waals surface area contributed by atoms with Crippen LogP contribution in [0.15, 0.2) is 36.1 Å². The van der Waals surface area contributed by atoms with Gasteiger partial charge in [-0.1, -0.05) is 24.3 Å². The number of carbonyl (C=O) groups is 1. The predicted molar refractivity (Wildman–Crippen MR) is 38.0 cm³/mol. The molecule has 1 amide bonds. The molecule has 0 fully saturated rings. The van der Waals surface area contributed by atoms with E-state index in [9.17, 15) is 9.90 Å². The van der Waals surface area contributed by atoms with Crippen LogP contribution in [0.25, 0.3) is 0 Å². The third kappa shape index (κ3) is 2.57. The van der Waals surface area contributed by atoms with Crippen LogP contribution in [0.2, 0.25) is 0 Å². The molecule has 0 aromatic rings. The molecule has 58 valence electrons. The first-order valence-corrected chi connectivity index (χ1v) is 3.06. The summed E-state index contributed by atoms with van der Waals surface area (Å²) in [6.45, 7) is 0. The van der Waals surface area contributed by atoms with Crippen molar-refractivity contribution in [1.82, 2.24) is 10.9 Å². The highest BCUT2D eigenvalue weighted by Crippen LogP contribution is 2.04. The van der Waals surface area contributed by atoms with Gasteiger partial charge in [-0.15, -0.1) is 0 Å². The fourth-order valence-corrected chi connectivity index (χ4v) is 0.663. The second-order valence-corrected chi connectivity index (χ2v) is 1.92. The van der Waals surface area contributed by atoms with E-state index in [-0.39, 0.29) is 0 Å². The fraction of sp³-hybridized carbons (Fsp3) is 0. The maximum atomic E-state index is 9.82. The molecule has 0 saturated carbocycles. The number of allylic oxidation sites excluding steroid dienone is 5. The van der Waals surface area contributed by atoms with Gasteiger partial charge in [0.15, 0.2) is 6.09 Å². The van der Waals surface area contributed by atoms with E-state index >= 15 is 0 Å². The number of rotatable bonds is 2. The zero-order chi connectivity index (χ0) is 8.10. The summed E-state index contributed by atoms with van der Waals surface area (Å²) in [4.78, 5) is 9.82. The van der Waals surface area contributed by atoms with Crippen molar-refractivity contribution in [2.75, 3.05) is 0 Å². The molecular weight excluding hydrogens is 144 g/mol. The minimum atomic E-state index is -1.35. The van der Waals surface area contributed by atoms with Crippen LogP contribution in [0.4, 0.5) is 4.79 Å². The molecule has 0 atom stereocenters. The second kappa shape index (κ2) is 3.46. The SMILES string of the molecule is O=C([O-])NNC=C1C=CC=C1. The molecule has 1 aliphatic rings. The lowest BCUT2D eigenvalue weighted by Gasteiger charge is -2.04. The smallest absolute Gasteiger partial charge is 0.153 e. The van der Waals surface area contributed by atoms with Crippen molar-refractivity contribution in [2.45, 2.75) is 0 Å². The highest BCUT2D eigenvalue weighted by Gasteiger charge is 1.88. The summed E-state index contributed by atoms with van der Waals surface area (Å²) >= 11 is 0. The Kier molecular flexibility index (Phi) is 2.32. The molecule has 1 rings (SSSR count). The van der Waals surface area contributed by atoms with Crippen LogP contribution >= 0.6 is 0 Å². The Hall–Kier alpha value is -1.71. The average molecular weight is 151 g/mol. The van der Waals surface area contributed by atoms with Crippen molar-refractivity contribution in [3.8, 4) is 0 Å². The number of nitrogens with one attached hydrogen (secondary N) is 2. The predicted octanol–water partition coefficient (Wildman–Crippen LogP) is -0.566. The van der Waals surface area contributed by atoms with Gasteiger partial charge in [0.25, 0.3) is 0 Å². The normalized spacial score (nSPS) is 13.3. The molecule has 2 N–H and O–H groups in total. The Morgan fingerprint density at radius 2 is 2.09 bits per heavy atom. The van der Waals surface area contributed by atoms with Gasteiger partial charge in [-0.2, -0.15) is 0 Å². The van der Waals surface area contributed by atoms with E-state index < -0.39 is 6.09 Å². The van der Waals surface area contributed by atoms with E-state index in [4.69, 9.17) is 0 Å². The van der Waals surface area contributed by atoms with Gasteiger partial charge in [-0.25, -0.2) is 0 Å². The Morgan fingerprint density at radius 1 is 1.45 bits per heavy atom. The van der Waals surface area contributed by atoms with E-state index in [0.29, 0.717) is 0 Å². The summed E-state index contributed by atoms with van der Waals surface area (Å²) in [5, 5.41) is 9.82. The largest absolute Gasteiger partial charge is 0.529 e. The van der Waals surface area contributed by atoms with Gasteiger partial charge in [0.1, 0.15) is 0 Å². The van der Waals surface area contributed by atoms with Crippen molar-refractivity contribution >= 4 is 6.09 Å². The molecule has 0 aliphatic heterocycles. The molecule has 4 nitrogen and oxygen atoms in total. The highest BCUT2D eigenvalue weighted by molar-refractivity contribution is 5.61. The third-order valence-electron chi connectivity index (χ3n) is 1.10. The third-order valence-corrected chi connectivity index (χ3v) is 1.10. The molecule has 0 heterocycles. The topological polar surface area (TPSA) is 64.2 Å². The summed E-state index contributed by atoms with van der Waals surface area (Å²) < 4.78 is 0. The summed E-state index contributed by atoms with van der Waals surface area (Å²) in [5.41, 5.74) is 5.14. The van der Waals surface area contributed by atoms with Gasteiger partial charge in [0.05, 0.1) is 0 Å². The fourth-order valence-electron chi connectivity index (χ4n) is 0.663. The molecule has 0 spiro atoms. The molecule has 0 saturated heterocycles. The van der Waals surface area contributed by atoms with Crippen molar-refractivity contribution < 1.29 is 9.90 Å². The van der Waals surface area contributed by atoms with Crippen LogP contribution < -0.4 is 16.0 Å². The number of amides is 1. The van der Waals surface area contributed by atoms with Crippen molar-refractivity contribution in [1.29, 1.82) is 0 Å². The Labute approximate surface area is 63.9 Å². The number of hydrazine groups is 1. The monoisotopic (exact) mass is 151 g/mol. The minimum absolute atomic E-state index is 0.902. The van der Waals surface area contributed by atoms with Crippen LogP contribution in [0.3, 0.4) is 0 Å². The zero-order valence-corrected chi connectivity index (χ0v) is 5.70. The van der Waals surface area contributed by atoms with Crippen LogP contribution in [-0.4, -0.2) is 6.09 Å². The molecule has 4 heteroatoms. The lowest BCUT2D eigenvalue weighted by molar-refractivity contribution is -0.251. The first-order valence-electron chi connectivity index (χ1n) is 3.06. The molecule has 0 unspecified atom stereocenters. The zero-order valence-electron chi connectivity index (χ0n) is 5.70. The standard InChI is InChI=1S/C7H8N2O2/c10-7(11)9-8-5-6-3-1-2-4-6/h1-5,8-9H,(H,10,11)/p-1. The molecule has 11 heavy (non-hydrogen) atoms. The molecule has 0 radical (unpaired) electrons. The first-order chi connectivity index (χ1) is 5.29. The molecular formula is C7H7N2O2-. The number of hydrogen-bond donors (Lipinski definition) is 2. The number of carboxylic acid groups (broad SMARTS) is 1. The summed E-state index contributed by atoms with van der Waals surface area (Å²) in [5.74, 6) is 0. The van der Waals surface area contributed by atoms with E-state index in [1.165, 1.54) is 6.20 Å². The maximum absolute atomic E-state index is 9.82. The van der Waals surface area contributed by atoms with E-state index in [1.54, 1.807) is 0 Å². The highest BCUT2D eigenvalue weighted by atomic mass is 16.4. The average Bonchev–Trinajstić information content (AvgIpc) is 2.39. The minimum Gasteiger partial charge on any atom is -0.529 e. The lowest BCUT2D eigenvalue weighted by atomic mass is 10.3. The van der Waals surface area contributed by atoms with Gasteiger partial charge < -0.3 is 15.3 Å². The van der Waals surface area contributed by atoms with Gasteiger partial charge >= 0.3 is 0 Å². The first kappa shape index (κ1) is 7.40. The molecule has 0 aromatic heterocycles. The van der Waals surface area contributed by atoms with Gasteiger partial charge in [-0.05, 0) is 5.57 Å². The summed E-state index contributed by atoms with van der Waals surface area (Å²) in [6, 6.07) is 0. The number of carbonyl (C=O) groups excluding carboxylic acids is 1. The van der Waals surface area contributed by atoms with Gasteiger partial charge in [0.2, 0.25) is 0 Å². The van der Waals surface area contributed by atoms with Crippen LogP contribution in [0.1, 0.15) is 0 Å². The van der Waals surface area contributed by atoms with Crippen molar-refractivity contribution in [2.24, 2.45) is 0 Å². The quantitative estimate of drug-likeness (QED) is 0.519. The second-order valence-electron chi connectivity index (χ2n) is 1.92. The molecule has 0 bridgehead atoms. The lowest BCUT2D eigenvalue weighted by Crippen LogP contribution is -2.43. The summed E-state index contributed by atoms with van der Waals surface area (Å²) in [6.07, 6.45) is 7.55. The Morgan fingerprint density at radius 3 is 2.64 bits per heavy atom. The van der Waals surface area contributed by atoms with Gasteiger partial charge in [0, 0.05) is 6.20 Å². The molecule has 1 aliphatic carbocycles. The van der Waals surface area contributed by atoms with Crippen molar-refractivity contribution in [3.05, 3.63) is 36.1 Å². The van der Waals surface area contributed by atoms with E-state index in [1.807, 2.05) is 29.7 Å².